The van der Waals surface area contributed by atoms with Gasteiger partial charge in [-0.05, 0) is 39.5 Å². The van der Waals surface area contributed by atoms with Crippen molar-refractivity contribution in [2.24, 2.45) is 5.92 Å². The van der Waals surface area contributed by atoms with Crippen molar-refractivity contribution in [3.8, 4) is 0 Å². The number of carbonyl (C=O) groups excluding carboxylic acids is 2. The Kier molecular flexibility index (Phi) is 6.95. The van der Waals surface area contributed by atoms with Gasteiger partial charge in [-0.15, -0.1) is 0 Å². The third kappa shape index (κ3) is 5.46. The molecule has 1 rings (SSSR count). The molecule has 0 radical (unpaired) electrons. The number of esters is 1. The lowest BCUT2D eigenvalue weighted by atomic mass is 9.79. The van der Waals surface area contributed by atoms with Crippen molar-refractivity contribution in [1.29, 1.82) is 0 Å². The van der Waals surface area contributed by atoms with Crippen LogP contribution in [0.3, 0.4) is 0 Å². The van der Waals surface area contributed by atoms with Crippen molar-refractivity contribution < 1.29 is 19.4 Å². The van der Waals surface area contributed by atoms with Crippen molar-refractivity contribution >= 4 is 11.9 Å². The number of aliphatic hydroxyl groups is 1. The van der Waals surface area contributed by atoms with Gasteiger partial charge in [0.05, 0.1) is 24.7 Å². The number of rotatable bonds is 7. The minimum Gasteiger partial charge on any atom is -0.466 e. The Labute approximate surface area is 120 Å². The molecule has 0 atom stereocenters. The number of hydrogen-bond acceptors (Lipinski definition) is 5. The molecule has 1 saturated carbocycles. The highest BCUT2D eigenvalue weighted by Gasteiger charge is 2.36. The monoisotopic (exact) mass is 286 g/mol. The van der Waals surface area contributed by atoms with Crippen LogP contribution < -0.4 is 10.6 Å². The van der Waals surface area contributed by atoms with Gasteiger partial charge >= 0.3 is 5.97 Å². The second-order valence-electron chi connectivity index (χ2n) is 5.31. The molecule has 0 spiro atoms. The molecule has 3 N–H and O–H groups in total. The van der Waals surface area contributed by atoms with Crippen molar-refractivity contribution in [3.63, 3.8) is 0 Å². The molecule has 1 aliphatic rings. The minimum atomic E-state index is -0.824. The van der Waals surface area contributed by atoms with Crippen LogP contribution in [0, 0.1) is 5.92 Å². The number of carbonyl (C=O) groups is 2. The summed E-state index contributed by atoms with van der Waals surface area (Å²) in [7, 11) is 0. The van der Waals surface area contributed by atoms with Crippen LogP contribution >= 0.6 is 0 Å². The lowest BCUT2D eigenvalue weighted by molar-refractivity contribution is -0.151. The molecule has 0 aromatic heterocycles. The van der Waals surface area contributed by atoms with E-state index in [0.717, 1.165) is 0 Å². The average molecular weight is 286 g/mol. The largest absolute Gasteiger partial charge is 0.466 e. The lowest BCUT2D eigenvalue weighted by Crippen LogP contribution is -2.46. The van der Waals surface area contributed by atoms with Crippen molar-refractivity contribution in [3.05, 3.63) is 0 Å². The quantitative estimate of drug-likeness (QED) is 0.582. The zero-order valence-corrected chi connectivity index (χ0v) is 12.4. The first-order valence-electron chi connectivity index (χ1n) is 7.37. The summed E-state index contributed by atoms with van der Waals surface area (Å²) < 4.78 is 5.00. The van der Waals surface area contributed by atoms with Crippen molar-refractivity contribution in [2.45, 2.75) is 45.1 Å². The zero-order chi connectivity index (χ0) is 15.0. The summed E-state index contributed by atoms with van der Waals surface area (Å²) in [6, 6.07) is 0. The Morgan fingerprint density at radius 3 is 2.50 bits per heavy atom. The summed E-state index contributed by atoms with van der Waals surface area (Å²) in [6.07, 6.45) is 2.38. The molecular formula is C14H26N2O4. The fourth-order valence-electron chi connectivity index (χ4n) is 2.50. The maximum atomic E-state index is 11.6. The van der Waals surface area contributed by atoms with E-state index < -0.39 is 5.60 Å². The van der Waals surface area contributed by atoms with E-state index in [1.807, 2.05) is 6.92 Å². The van der Waals surface area contributed by atoms with E-state index in [2.05, 4.69) is 10.6 Å². The SMILES string of the molecule is CCNC(=O)CNCC1(O)CCC(C(=O)OCC)CC1. The smallest absolute Gasteiger partial charge is 0.308 e. The van der Waals surface area contributed by atoms with Gasteiger partial charge in [0.1, 0.15) is 0 Å². The van der Waals surface area contributed by atoms with E-state index >= 15 is 0 Å². The summed E-state index contributed by atoms with van der Waals surface area (Å²) in [4.78, 5) is 22.9. The molecule has 1 fully saturated rings. The van der Waals surface area contributed by atoms with Gasteiger partial charge in [0.2, 0.25) is 5.91 Å². The first kappa shape index (κ1) is 16.9. The minimum absolute atomic E-state index is 0.0729. The Hall–Kier alpha value is -1.14. The molecule has 116 valence electrons. The van der Waals surface area contributed by atoms with E-state index in [-0.39, 0.29) is 24.3 Å². The van der Waals surface area contributed by atoms with E-state index in [4.69, 9.17) is 4.74 Å². The topological polar surface area (TPSA) is 87.7 Å². The molecule has 20 heavy (non-hydrogen) atoms. The van der Waals surface area contributed by atoms with Crippen LogP contribution in [-0.2, 0) is 14.3 Å². The van der Waals surface area contributed by atoms with E-state index in [1.54, 1.807) is 6.92 Å². The van der Waals surface area contributed by atoms with Crippen LogP contribution in [0.15, 0.2) is 0 Å². The predicted octanol–water partition coefficient (Wildman–Crippen LogP) is 0.197. The number of ether oxygens (including phenoxy) is 1. The fourth-order valence-corrected chi connectivity index (χ4v) is 2.50. The van der Waals surface area contributed by atoms with Crippen LogP contribution in [0.2, 0.25) is 0 Å². The summed E-state index contributed by atoms with van der Waals surface area (Å²) in [5, 5.41) is 16.1. The predicted molar refractivity (Wildman–Crippen MR) is 75.1 cm³/mol. The highest BCUT2D eigenvalue weighted by Crippen LogP contribution is 2.32. The number of likely N-dealkylation sites (N-methyl/N-ethyl adjacent to an activating group) is 1. The van der Waals surface area contributed by atoms with Gasteiger partial charge in [-0.25, -0.2) is 0 Å². The molecule has 0 bridgehead atoms. The standard InChI is InChI=1S/C14H26N2O4/c1-3-16-12(17)9-15-10-14(19)7-5-11(6-8-14)13(18)20-4-2/h11,15,19H,3-10H2,1-2H3,(H,16,17). The maximum absolute atomic E-state index is 11.6. The molecule has 6 nitrogen and oxygen atoms in total. The maximum Gasteiger partial charge on any atom is 0.308 e. The Balaban J connectivity index is 2.28. The van der Waals surface area contributed by atoms with Crippen LogP contribution in [0.4, 0.5) is 0 Å². The van der Waals surface area contributed by atoms with Crippen molar-refractivity contribution in [2.75, 3.05) is 26.2 Å². The number of amides is 1. The highest BCUT2D eigenvalue weighted by molar-refractivity contribution is 5.77. The normalized spacial score (nSPS) is 26.1. The molecular weight excluding hydrogens is 260 g/mol. The first-order valence-corrected chi connectivity index (χ1v) is 7.37. The summed E-state index contributed by atoms with van der Waals surface area (Å²) >= 11 is 0. The third-order valence-corrected chi connectivity index (χ3v) is 3.65. The van der Waals surface area contributed by atoms with Gasteiger partial charge in [0, 0.05) is 13.1 Å². The Morgan fingerprint density at radius 1 is 1.30 bits per heavy atom. The third-order valence-electron chi connectivity index (χ3n) is 3.65. The van der Waals surface area contributed by atoms with Gasteiger partial charge < -0.3 is 20.5 Å². The van der Waals surface area contributed by atoms with E-state index in [0.29, 0.717) is 45.4 Å². The van der Waals surface area contributed by atoms with Gasteiger partial charge in [-0.3, -0.25) is 9.59 Å². The molecule has 0 unspecified atom stereocenters. The molecule has 0 heterocycles. The molecule has 0 aromatic carbocycles. The van der Waals surface area contributed by atoms with Crippen LogP contribution in [0.1, 0.15) is 39.5 Å². The Bertz CT molecular complexity index is 320. The van der Waals surface area contributed by atoms with Gasteiger partial charge in [0.15, 0.2) is 0 Å². The molecule has 0 saturated heterocycles. The average Bonchev–Trinajstić information content (AvgIpc) is 2.40. The molecule has 0 aromatic rings. The summed E-state index contributed by atoms with van der Waals surface area (Å²) in [5.74, 6) is -0.334. The van der Waals surface area contributed by atoms with E-state index in [9.17, 15) is 14.7 Å². The van der Waals surface area contributed by atoms with Crippen LogP contribution in [0.5, 0.6) is 0 Å². The van der Waals surface area contributed by atoms with Gasteiger partial charge in [-0.2, -0.15) is 0 Å². The second kappa shape index (κ2) is 8.21. The summed E-state index contributed by atoms with van der Waals surface area (Å²) in [6.45, 7) is 5.24. The lowest BCUT2D eigenvalue weighted by Gasteiger charge is -2.35. The highest BCUT2D eigenvalue weighted by atomic mass is 16.5. The van der Waals surface area contributed by atoms with Crippen LogP contribution in [0.25, 0.3) is 0 Å². The molecule has 0 aliphatic heterocycles. The molecule has 6 heteroatoms. The molecule has 1 amide bonds. The van der Waals surface area contributed by atoms with Crippen LogP contribution in [-0.4, -0.2) is 48.8 Å². The van der Waals surface area contributed by atoms with Gasteiger partial charge in [0.25, 0.3) is 0 Å². The van der Waals surface area contributed by atoms with Gasteiger partial charge in [-0.1, -0.05) is 0 Å². The summed E-state index contributed by atoms with van der Waals surface area (Å²) in [5.41, 5.74) is -0.824. The van der Waals surface area contributed by atoms with Crippen molar-refractivity contribution in [1.82, 2.24) is 10.6 Å². The molecule has 1 aliphatic carbocycles. The van der Waals surface area contributed by atoms with E-state index in [1.165, 1.54) is 0 Å². The first-order chi connectivity index (χ1) is 9.50. The Morgan fingerprint density at radius 2 is 1.95 bits per heavy atom. The zero-order valence-electron chi connectivity index (χ0n) is 12.4. The number of hydrogen-bond donors (Lipinski definition) is 3. The fraction of sp³-hybridized carbons (Fsp3) is 0.857. The number of nitrogens with one attached hydrogen (secondary N) is 2. The second-order valence-corrected chi connectivity index (χ2v) is 5.31.